The summed E-state index contributed by atoms with van der Waals surface area (Å²) in [6, 6.07) is 2.85. The monoisotopic (exact) mass is 246 g/mol. The second-order valence-electron chi connectivity index (χ2n) is 3.53. The lowest BCUT2D eigenvalue weighted by molar-refractivity contribution is 0.234. The van der Waals surface area contributed by atoms with E-state index in [9.17, 15) is 8.42 Å². The standard InChI is InChI=1S/C9H14N2O4S/c12-7-8-1-2-9(15-8)16(13,14)11-5-3-10-4-6-11/h1-2,10,12H,3-7H2. The van der Waals surface area contributed by atoms with Crippen molar-refractivity contribution in [2.24, 2.45) is 0 Å². The van der Waals surface area contributed by atoms with E-state index in [1.54, 1.807) is 0 Å². The zero-order valence-corrected chi connectivity index (χ0v) is 9.53. The highest BCUT2D eigenvalue weighted by Crippen LogP contribution is 2.19. The molecule has 0 atom stereocenters. The second kappa shape index (κ2) is 4.54. The van der Waals surface area contributed by atoms with Crippen molar-refractivity contribution < 1.29 is 17.9 Å². The fourth-order valence-electron chi connectivity index (χ4n) is 1.59. The van der Waals surface area contributed by atoms with Crippen LogP contribution in [-0.4, -0.2) is 44.0 Å². The van der Waals surface area contributed by atoms with E-state index in [0.717, 1.165) is 0 Å². The van der Waals surface area contributed by atoms with Crippen LogP contribution >= 0.6 is 0 Å². The molecular weight excluding hydrogens is 232 g/mol. The van der Waals surface area contributed by atoms with Crippen molar-refractivity contribution in [2.75, 3.05) is 26.2 Å². The summed E-state index contributed by atoms with van der Waals surface area (Å²) in [6.07, 6.45) is 0. The molecule has 0 unspecified atom stereocenters. The average Bonchev–Trinajstić information content (AvgIpc) is 2.79. The first-order valence-electron chi connectivity index (χ1n) is 5.05. The number of aliphatic hydroxyl groups excluding tert-OH is 1. The van der Waals surface area contributed by atoms with Gasteiger partial charge in [-0.2, -0.15) is 4.31 Å². The molecule has 1 aliphatic rings. The third-order valence-electron chi connectivity index (χ3n) is 2.46. The van der Waals surface area contributed by atoms with Crippen LogP contribution in [0.5, 0.6) is 0 Å². The van der Waals surface area contributed by atoms with Gasteiger partial charge in [-0.3, -0.25) is 0 Å². The van der Waals surface area contributed by atoms with E-state index in [-0.39, 0.29) is 17.5 Å². The van der Waals surface area contributed by atoms with E-state index in [1.165, 1.54) is 16.4 Å². The fraction of sp³-hybridized carbons (Fsp3) is 0.556. The Balaban J connectivity index is 2.23. The maximum Gasteiger partial charge on any atom is 0.276 e. The molecule has 1 aliphatic heterocycles. The summed E-state index contributed by atoms with van der Waals surface area (Å²) >= 11 is 0. The minimum atomic E-state index is -3.54. The fourth-order valence-corrected chi connectivity index (χ4v) is 2.96. The Labute approximate surface area is 93.9 Å². The number of piperazine rings is 1. The molecule has 1 aromatic rings. The predicted molar refractivity (Wildman–Crippen MR) is 56.3 cm³/mol. The van der Waals surface area contributed by atoms with Crippen molar-refractivity contribution in [3.8, 4) is 0 Å². The highest BCUT2D eigenvalue weighted by molar-refractivity contribution is 7.89. The number of hydrogen-bond acceptors (Lipinski definition) is 5. The summed E-state index contributed by atoms with van der Waals surface area (Å²) in [6.45, 7) is 1.88. The summed E-state index contributed by atoms with van der Waals surface area (Å²) in [5.74, 6) is 0.258. The molecule has 1 fully saturated rings. The Morgan fingerprint density at radius 1 is 1.38 bits per heavy atom. The Morgan fingerprint density at radius 3 is 2.62 bits per heavy atom. The van der Waals surface area contributed by atoms with E-state index in [1.807, 2.05) is 0 Å². The molecule has 0 saturated carbocycles. The maximum absolute atomic E-state index is 12.0. The number of nitrogens with one attached hydrogen (secondary N) is 1. The molecule has 7 heteroatoms. The van der Waals surface area contributed by atoms with Gasteiger partial charge in [0.1, 0.15) is 12.4 Å². The average molecular weight is 246 g/mol. The van der Waals surface area contributed by atoms with E-state index in [0.29, 0.717) is 26.2 Å². The zero-order chi connectivity index (χ0) is 11.6. The second-order valence-corrected chi connectivity index (χ2v) is 5.40. The number of hydrogen-bond donors (Lipinski definition) is 2. The van der Waals surface area contributed by atoms with E-state index in [4.69, 9.17) is 9.52 Å². The number of furan rings is 1. The van der Waals surface area contributed by atoms with Crippen molar-refractivity contribution in [3.05, 3.63) is 17.9 Å². The molecule has 0 radical (unpaired) electrons. The highest BCUT2D eigenvalue weighted by Gasteiger charge is 2.28. The zero-order valence-electron chi connectivity index (χ0n) is 8.72. The number of rotatable bonds is 3. The minimum absolute atomic E-state index is 0.0987. The molecule has 0 bridgehead atoms. The van der Waals surface area contributed by atoms with E-state index >= 15 is 0 Å². The molecule has 2 heterocycles. The van der Waals surface area contributed by atoms with Crippen LogP contribution in [0, 0.1) is 0 Å². The van der Waals surface area contributed by atoms with Gasteiger partial charge in [0.2, 0.25) is 5.09 Å². The third-order valence-corrected chi connectivity index (χ3v) is 4.24. The lowest BCUT2D eigenvalue weighted by atomic mass is 10.4. The van der Waals surface area contributed by atoms with Crippen LogP contribution in [0.15, 0.2) is 21.6 Å². The summed E-state index contributed by atoms with van der Waals surface area (Å²) in [7, 11) is -3.54. The van der Waals surface area contributed by atoms with Gasteiger partial charge in [0.15, 0.2) is 0 Å². The van der Waals surface area contributed by atoms with Crippen molar-refractivity contribution in [2.45, 2.75) is 11.7 Å². The molecule has 0 spiro atoms. The van der Waals surface area contributed by atoms with Crippen molar-refractivity contribution in [1.82, 2.24) is 9.62 Å². The van der Waals surface area contributed by atoms with Gasteiger partial charge in [-0.15, -0.1) is 0 Å². The van der Waals surface area contributed by atoms with Crippen LogP contribution in [0.25, 0.3) is 0 Å². The lowest BCUT2D eigenvalue weighted by Gasteiger charge is -2.25. The molecule has 1 saturated heterocycles. The first-order valence-corrected chi connectivity index (χ1v) is 6.49. The van der Waals surface area contributed by atoms with Crippen LogP contribution in [-0.2, 0) is 16.6 Å². The Hall–Kier alpha value is -0.890. The van der Waals surface area contributed by atoms with Gasteiger partial charge < -0.3 is 14.8 Å². The summed E-state index contributed by atoms with van der Waals surface area (Å²) < 4.78 is 30.5. The van der Waals surface area contributed by atoms with Crippen LogP contribution in [0.4, 0.5) is 0 Å². The molecular formula is C9H14N2O4S. The third kappa shape index (κ3) is 2.12. The summed E-state index contributed by atoms with van der Waals surface area (Å²) in [5.41, 5.74) is 0. The van der Waals surface area contributed by atoms with E-state index < -0.39 is 10.0 Å². The predicted octanol–water partition coefficient (Wildman–Crippen LogP) is -0.634. The Kier molecular flexibility index (Phi) is 3.29. The molecule has 1 aromatic heterocycles. The van der Waals surface area contributed by atoms with Crippen LogP contribution in [0.2, 0.25) is 0 Å². The minimum Gasteiger partial charge on any atom is -0.446 e. The van der Waals surface area contributed by atoms with Gasteiger partial charge in [0.25, 0.3) is 10.0 Å². The smallest absolute Gasteiger partial charge is 0.276 e. The van der Waals surface area contributed by atoms with Crippen LogP contribution in [0.3, 0.4) is 0 Å². The maximum atomic E-state index is 12.0. The molecule has 2 rings (SSSR count). The molecule has 90 valence electrons. The SMILES string of the molecule is O=S(=O)(c1ccc(CO)o1)N1CCNCC1. The van der Waals surface area contributed by atoms with Gasteiger partial charge in [-0.25, -0.2) is 8.42 Å². The van der Waals surface area contributed by atoms with E-state index in [2.05, 4.69) is 5.32 Å². The number of sulfonamides is 1. The Morgan fingerprint density at radius 2 is 2.06 bits per heavy atom. The van der Waals surface area contributed by atoms with Gasteiger partial charge >= 0.3 is 0 Å². The molecule has 6 nitrogen and oxygen atoms in total. The van der Waals surface area contributed by atoms with Crippen LogP contribution in [0.1, 0.15) is 5.76 Å². The molecule has 2 N–H and O–H groups in total. The lowest BCUT2D eigenvalue weighted by Crippen LogP contribution is -2.46. The van der Waals surface area contributed by atoms with Gasteiger partial charge in [-0.05, 0) is 12.1 Å². The molecule has 0 aromatic carbocycles. The Bertz CT molecular complexity index is 448. The van der Waals surface area contributed by atoms with Crippen LogP contribution < -0.4 is 5.32 Å². The van der Waals surface area contributed by atoms with Gasteiger partial charge in [0, 0.05) is 26.2 Å². The summed E-state index contributed by atoms with van der Waals surface area (Å²) in [4.78, 5) is 0. The first kappa shape index (κ1) is 11.6. The normalized spacial score (nSPS) is 18.8. The quantitative estimate of drug-likeness (QED) is 0.741. The van der Waals surface area contributed by atoms with Gasteiger partial charge in [-0.1, -0.05) is 0 Å². The van der Waals surface area contributed by atoms with Gasteiger partial charge in [0.05, 0.1) is 0 Å². The number of nitrogens with zero attached hydrogens (tertiary/aromatic N) is 1. The highest BCUT2D eigenvalue weighted by atomic mass is 32.2. The molecule has 0 amide bonds. The topological polar surface area (TPSA) is 82.8 Å². The van der Waals surface area contributed by atoms with Crippen molar-refractivity contribution >= 4 is 10.0 Å². The van der Waals surface area contributed by atoms with Crippen molar-refractivity contribution in [1.29, 1.82) is 0 Å². The number of aliphatic hydroxyl groups is 1. The first-order chi connectivity index (χ1) is 7.64. The molecule has 0 aliphatic carbocycles. The largest absolute Gasteiger partial charge is 0.446 e. The molecule has 16 heavy (non-hydrogen) atoms. The van der Waals surface area contributed by atoms with Crippen molar-refractivity contribution in [3.63, 3.8) is 0 Å². The summed E-state index contributed by atoms with van der Waals surface area (Å²) in [5, 5.41) is 11.8.